The third-order valence-electron chi connectivity index (χ3n) is 7.51. The molecular weight excluding hydrogens is 616 g/mol. The summed E-state index contributed by atoms with van der Waals surface area (Å²) in [7, 11) is 3.11. The number of ether oxygens (including phenoxy) is 3. The number of benzene rings is 4. The van der Waals surface area contributed by atoms with Crippen LogP contribution < -0.4 is 14.8 Å². The van der Waals surface area contributed by atoms with Gasteiger partial charge in [-0.1, -0.05) is 54.6 Å². The van der Waals surface area contributed by atoms with E-state index in [9.17, 15) is 4.39 Å². The summed E-state index contributed by atoms with van der Waals surface area (Å²) in [4.78, 5) is 4.30. The van der Waals surface area contributed by atoms with Crippen LogP contribution in [0.15, 0.2) is 100 Å². The lowest BCUT2D eigenvalue weighted by Gasteiger charge is -2.42. The molecule has 1 aliphatic rings. The van der Waals surface area contributed by atoms with Gasteiger partial charge in [-0.25, -0.2) is 13.8 Å². The highest BCUT2D eigenvalue weighted by Gasteiger charge is 2.57. The van der Waals surface area contributed by atoms with E-state index in [2.05, 4.69) is 26.2 Å². The Labute approximate surface area is 249 Å². The first-order chi connectivity index (χ1) is 20.0. The molecule has 5 nitrogen and oxygen atoms in total. The smallest absolute Gasteiger partial charge is 0.310 e. The Hall–Kier alpha value is -4.05. The lowest BCUT2D eigenvalue weighted by atomic mass is 9.77. The predicted molar refractivity (Wildman–Crippen MR) is 155 cm³/mol. The van der Waals surface area contributed by atoms with Gasteiger partial charge in [0.25, 0.3) is 6.02 Å². The van der Waals surface area contributed by atoms with Crippen molar-refractivity contribution >= 4 is 22.0 Å². The average molecular weight is 643 g/mol. The predicted octanol–water partition coefficient (Wildman–Crippen LogP) is 7.56. The Morgan fingerprint density at radius 3 is 1.86 bits per heavy atom. The van der Waals surface area contributed by atoms with Gasteiger partial charge < -0.3 is 19.5 Å². The molecule has 42 heavy (non-hydrogen) atoms. The fraction of sp³-hybridized carbons (Fsp3) is 0.219. The number of rotatable bonds is 7. The highest BCUT2D eigenvalue weighted by molar-refractivity contribution is 9.10. The molecule has 0 aliphatic carbocycles. The highest BCUT2D eigenvalue weighted by Crippen LogP contribution is 2.46. The first-order valence-electron chi connectivity index (χ1n) is 12.9. The van der Waals surface area contributed by atoms with E-state index in [1.54, 1.807) is 38.5 Å². The molecule has 0 aromatic heterocycles. The van der Waals surface area contributed by atoms with Crippen LogP contribution in [0.1, 0.15) is 29.2 Å². The molecule has 0 saturated heterocycles. The maximum atomic E-state index is 15.5. The van der Waals surface area contributed by atoms with Gasteiger partial charge in [-0.05, 0) is 69.9 Å². The number of aliphatic imine (C=N–C) groups is 1. The first-order valence-corrected chi connectivity index (χ1v) is 13.7. The Bertz CT molecular complexity index is 1550. The molecule has 1 N–H and O–H groups in total. The van der Waals surface area contributed by atoms with Crippen LogP contribution in [-0.2, 0) is 15.8 Å². The minimum Gasteiger partial charge on any atom is -0.497 e. The Morgan fingerprint density at radius 1 is 0.810 bits per heavy atom. The van der Waals surface area contributed by atoms with Crippen LogP contribution in [0.25, 0.3) is 0 Å². The molecule has 0 unspecified atom stereocenters. The van der Waals surface area contributed by atoms with E-state index in [1.165, 1.54) is 0 Å². The van der Waals surface area contributed by atoms with Crippen molar-refractivity contribution in [3.05, 3.63) is 129 Å². The fourth-order valence-corrected chi connectivity index (χ4v) is 5.42. The summed E-state index contributed by atoms with van der Waals surface area (Å²) in [6.07, 6.45) is 0. The van der Waals surface area contributed by atoms with Crippen molar-refractivity contribution in [3.63, 3.8) is 0 Å². The van der Waals surface area contributed by atoms with Gasteiger partial charge in [-0.3, -0.25) is 0 Å². The van der Waals surface area contributed by atoms with Gasteiger partial charge in [-0.15, -0.1) is 0 Å². The first kappa shape index (κ1) is 29.4. The van der Waals surface area contributed by atoms with Gasteiger partial charge in [0.05, 0.1) is 18.7 Å². The molecule has 10 heteroatoms. The zero-order valence-electron chi connectivity index (χ0n) is 22.9. The quantitative estimate of drug-likeness (QED) is 0.128. The van der Waals surface area contributed by atoms with E-state index in [4.69, 9.17) is 14.2 Å². The molecule has 1 heterocycles. The van der Waals surface area contributed by atoms with Crippen molar-refractivity contribution in [1.29, 1.82) is 0 Å². The standard InChI is InChI=1S/C32H27BrF4N2O3/c1-30(25-17-26(33)28(35)18-27(25)34)31(36,37)19-42-29(38-30)39-32(20-7-5-4-6-8-20,21-9-13-23(40-2)14-10-21)22-11-15-24(41-3)16-12-22/h4-18H,19H2,1-3H3,(H,38,39)/t30-/m1/s1. The summed E-state index contributed by atoms with van der Waals surface area (Å²) >= 11 is 2.99. The number of alkyl halides is 2. The molecule has 4 aromatic carbocycles. The summed E-state index contributed by atoms with van der Waals surface area (Å²) in [5, 5.41) is 3.31. The fourth-order valence-electron chi connectivity index (χ4n) is 5.08. The van der Waals surface area contributed by atoms with Crippen LogP contribution in [0.4, 0.5) is 17.6 Å². The normalized spacial score (nSPS) is 18.0. The van der Waals surface area contributed by atoms with Gasteiger partial charge >= 0.3 is 5.92 Å². The van der Waals surface area contributed by atoms with Crippen LogP contribution in [0.2, 0.25) is 0 Å². The third-order valence-corrected chi connectivity index (χ3v) is 8.12. The lowest BCUT2D eigenvalue weighted by molar-refractivity contribution is -0.118. The second-order valence-electron chi connectivity index (χ2n) is 9.93. The summed E-state index contributed by atoms with van der Waals surface area (Å²) in [5.74, 6) is -4.47. The molecule has 0 amide bonds. The Morgan fingerprint density at radius 2 is 1.33 bits per heavy atom. The van der Waals surface area contributed by atoms with E-state index >= 15 is 13.2 Å². The molecule has 1 aliphatic heterocycles. The minimum absolute atomic E-state index is 0.165. The summed E-state index contributed by atoms with van der Waals surface area (Å²) in [5.41, 5.74) is -1.99. The topological polar surface area (TPSA) is 52.1 Å². The minimum atomic E-state index is -3.63. The zero-order chi connectivity index (χ0) is 30.1. The average Bonchev–Trinajstić information content (AvgIpc) is 3.00. The monoisotopic (exact) mass is 642 g/mol. The molecule has 0 spiro atoms. The number of hydrogen-bond donors (Lipinski definition) is 1. The number of hydrogen-bond acceptors (Lipinski definition) is 5. The van der Waals surface area contributed by atoms with Crippen LogP contribution in [0.5, 0.6) is 11.5 Å². The number of halogens is 5. The van der Waals surface area contributed by atoms with Crippen molar-refractivity contribution in [2.45, 2.75) is 23.9 Å². The van der Waals surface area contributed by atoms with E-state index in [0.717, 1.165) is 18.6 Å². The Kier molecular flexibility index (Phi) is 7.94. The van der Waals surface area contributed by atoms with Crippen molar-refractivity contribution in [3.8, 4) is 11.5 Å². The lowest BCUT2D eigenvalue weighted by Crippen LogP contribution is -2.56. The SMILES string of the molecule is COc1ccc(C(NC2=N[C@](C)(c3cc(Br)c(F)cc3F)C(F)(F)CO2)(c2ccccc2)c2ccc(OC)cc2)cc1. The van der Waals surface area contributed by atoms with Crippen molar-refractivity contribution in [2.75, 3.05) is 20.8 Å². The number of nitrogens with one attached hydrogen (secondary N) is 1. The molecule has 4 aromatic rings. The van der Waals surface area contributed by atoms with Gasteiger partial charge in [0, 0.05) is 11.6 Å². The Balaban J connectivity index is 1.75. The second-order valence-corrected chi connectivity index (χ2v) is 10.8. The molecule has 218 valence electrons. The van der Waals surface area contributed by atoms with Crippen molar-refractivity contribution in [2.24, 2.45) is 4.99 Å². The number of nitrogens with zero attached hydrogens (tertiary/aromatic N) is 1. The van der Waals surface area contributed by atoms with E-state index in [-0.39, 0.29) is 10.5 Å². The van der Waals surface area contributed by atoms with Crippen molar-refractivity contribution < 1.29 is 31.8 Å². The summed E-state index contributed by atoms with van der Waals surface area (Å²) in [6.45, 7) is 0.00474. The van der Waals surface area contributed by atoms with E-state index in [0.29, 0.717) is 28.7 Å². The zero-order valence-corrected chi connectivity index (χ0v) is 24.5. The molecular formula is C32H27BrF4N2O3. The van der Waals surface area contributed by atoms with E-state index in [1.807, 2.05) is 54.6 Å². The molecule has 0 saturated carbocycles. The van der Waals surface area contributed by atoms with Gasteiger partial charge in [0.2, 0.25) is 0 Å². The molecule has 0 fully saturated rings. The summed E-state index contributed by atoms with van der Waals surface area (Å²) in [6, 6.07) is 25.1. The molecule has 0 bridgehead atoms. The van der Waals surface area contributed by atoms with Crippen molar-refractivity contribution in [1.82, 2.24) is 5.32 Å². The third kappa shape index (κ3) is 5.08. The van der Waals surface area contributed by atoms with Gasteiger partial charge in [0.1, 0.15) is 28.7 Å². The van der Waals surface area contributed by atoms with Crippen LogP contribution in [0, 0.1) is 11.6 Å². The highest BCUT2D eigenvalue weighted by atomic mass is 79.9. The molecule has 0 radical (unpaired) electrons. The van der Waals surface area contributed by atoms with Crippen LogP contribution in [0.3, 0.4) is 0 Å². The number of methoxy groups -OCH3 is 2. The van der Waals surface area contributed by atoms with Crippen LogP contribution in [-0.4, -0.2) is 32.8 Å². The maximum absolute atomic E-state index is 15.5. The number of amidine groups is 1. The van der Waals surface area contributed by atoms with E-state index < -0.39 is 40.8 Å². The van der Waals surface area contributed by atoms with Gasteiger partial charge in [-0.2, -0.15) is 8.78 Å². The molecule has 1 atom stereocenters. The summed E-state index contributed by atoms with van der Waals surface area (Å²) < 4.78 is 76.3. The largest absolute Gasteiger partial charge is 0.497 e. The molecule has 5 rings (SSSR count). The van der Waals surface area contributed by atoms with Crippen LogP contribution >= 0.6 is 15.9 Å². The van der Waals surface area contributed by atoms with Gasteiger partial charge in [0.15, 0.2) is 12.1 Å². The second kappa shape index (κ2) is 11.3. The maximum Gasteiger partial charge on any atom is 0.310 e.